The van der Waals surface area contributed by atoms with Crippen LogP contribution < -0.4 is 0 Å². The first-order valence-electron chi connectivity index (χ1n) is 15.3. The maximum Gasteiger partial charge on any atom is 0 e. The van der Waals surface area contributed by atoms with Crippen molar-refractivity contribution >= 4 is 0 Å². The van der Waals surface area contributed by atoms with Gasteiger partial charge in [-0.1, -0.05) is 100 Å². The van der Waals surface area contributed by atoms with Crippen molar-refractivity contribution in [3.8, 4) is 0 Å². The summed E-state index contributed by atoms with van der Waals surface area (Å²) in [6.45, 7) is 18.3. The van der Waals surface area contributed by atoms with Crippen molar-refractivity contribution in [1.29, 1.82) is 0 Å². The van der Waals surface area contributed by atoms with Crippen LogP contribution in [0.25, 0.3) is 10.6 Å². The van der Waals surface area contributed by atoms with Crippen LogP contribution in [0.15, 0.2) is 121 Å². The normalized spacial score (nSPS) is 13.0. The van der Waals surface area contributed by atoms with Gasteiger partial charge in [0, 0.05) is 26.2 Å². The Labute approximate surface area is 282 Å². The second kappa shape index (κ2) is 24.7. The molecule has 4 aromatic carbocycles. The van der Waals surface area contributed by atoms with E-state index in [1.54, 1.807) is 0 Å². The van der Waals surface area contributed by atoms with Gasteiger partial charge in [-0.05, 0) is 13.1 Å². The Balaban J connectivity index is 0.000000340. The van der Waals surface area contributed by atoms with Gasteiger partial charge in [0.25, 0.3) is 0 Å². The third kappa shape index (κ3) is 18.5. The van der Waals surface area contributed by atoms with E-state index in [9.17, 15) is 0 Å². The van der Waals surface area contributed by atoms with E-state index in [1.807, 2.05) is 91.0 Å². The summed E-state index contributed by atoms with van der Waals surface area (Å²) >= 11 is 0. The van der Waals surface area contributed by atoms with E-state index < -0.39 is 0 Å². The van der Waals surface area contributed by atoms with Crippen LogP contribution in [0.1, 0.15) is 68.2 Å². The number of rotatable bonds is 8. The molecule has 5 rings (SSSR count). The molecule has 0 amide bonds. The quantitative estimate of drug-likeness (QED) is 0.174. The molecule has 1 aliphatic rings. The van der Waals surface area contributed by atoms with Gasteiger partial charge in [-0.2, -0.15) is 80.1 Å². The first-order chi connectivity index (χ1) is 20.5. The molecule has 0 aromatic heterocycles. The minimum atomic E-state index is 0. The minimum absolute atomic E-state index is 0. The molecule has 1 atom stereocenters. The van der Waals surface area contributed by atoms with Crippen LogP contribution in [0.3, 0.4) is 0 Å². The zero-order valence-electron chi connectivity index (χ0n) is 26.3. The zero-order chi connectivity index (χ0) is 30.3. The third-order valence-corrected chi connectivity index (χ3v) is 6.87. The summed E-state index contributed by atoms with van der Waals surface area (Å²) in [6.07, 6.45) is 6.57. The summed E-state index contributed by atoms with van der Waals surface area (Å²) in [5.41, 5.74) is 4.49. The van der Waals surface area contributed by atoms with E-state index in [-0.39, 0.29) is 32.5 Å². The summed E-state index contributed by atoms with van der Waals surface area (Å²) in [7, 11) is 0. The summed E-state index contributed by atoms with van der Waals surface area (Å²) in [5, 5.41) is 9.94. The van der Waals surface area contributed by atoms with Gasteiger partial charge in [-0.25, -0.2) is 0 Å². The molecule has 1 saturated carbocycles. The predicted octanol–water partition coefficient (Wildman–Crippen LogP) is 10.5. The Morgan fingerprint density at radius 1 is 0.605 bits per heavy atom. The Hall–Kier alpha value is -2.75. The van der Waals surface area contributed by atoms with Crippen molar-refractivity contribution < 1.29 is 26.2 Å². The molecule has 1 unspecified atom stereocenters. The molecule has 0 saturated heterocycles. The predicted molar refractivity (Wildman–Crippen MR) is 183 cm³/mol. The maximum atomic E-state index is 5.05. The number of benzene rings is 4. The smallest absolute Gasteiger partial charge is 0 e. The molecule has 3 nitrogen and oxygen atoms in total. The van der Waals surface area contributed by atoms with Crippen molar-refractivity contribution in [2.24, 2.45) is 0 Å². The second-order valence-corrected chi connectivity index (χ2v) is 10.3. The topological polar surface area (TPSA) is 31.4 Å². The first kappa shape index (κ1) is 38.3. The van der Waals surface area contributed by atoms with Crippen molar-refractivity contribution in [2.75, 3.05) is 13.1 Å². The van der Waals surface area contributed by atoms with E-state index in [4.69, 9.17) is 10.6 Å². The molecule has 230 valence electrons. The van der Waals surface area contributed by atoms with E-state index in [2.05, 4.69) is 69.9 Å². The standard InChI is InChI=1S/C18H29N3.3C7H7.Zr/c1-3-21(4-2)18(20-17-13-9-6-10-14-17)19-15-16-11-7-5-8-12-16;3*1-7-5-3-2-4-6-7;/h5,7-8,11-12,17-18H,3-4,6,9-10,13-15H2,1-2H3;3*2-6H,1H2;/q-2;3*-1;. The van der Waals surface area contributed by atoms with Gasteiger partial charge in [0.05, 0.1) is 0 Å². The van der Waals surface area contributed by atoms with Gasteiger partial charge in [-0.3, -0.25) is 0 Å². The van der Waals surface area contributed by atoms with Crippen LogP contribution >= 0.6 is 0 Å². The summed E-state index contributed by atoms with van der Waals surface area (Å²) in [6, 6.07) is 40.6. The van der Waals surface area contributed by atoms with Crippen molar-refractivity contribution in [3.63, 3.8) is 0 Å². The first-order valence-corrected chi connectivity index (χ1v) is 15.3. The average Bonchev–Trinajstić information content (AvgIpc) is 3.03. The minimum Gasteiger partial charge on any atom is -0.663 e. The van der Waals surface area contributed by atoms with Crippen molar-refractivity contribution in [1.82, 2.24) is 4.90 Å². The Morgan fingerprint density at radius 3 is 1.30 bits per heavy atom. The van der Waals surface area contributed by atoms with Gasteiger partial charge < -0.3 is 15.5 Å². The van der Waals surface area contributed by atoms with Crippen LogP contribution in [-0.4, -0.2) is 30.3 Å². The maximum absolute atomic E-state index is 5.05. The SMILES string of the molecule is CCN(CC)C([N-]Cc1ccccc1)[N-]C1CCCCC1.[CH2-]c1ccccc1.[CH2-]c1ccccc1.[CH2-]c1ccccc1.[Zr]. The molecule has 1 fully saturated rings. The van der Waals surface area contributed by atoms with E-state index in [0.717, 1.165) is 36.3 Å². The van der Waals surface area contributed by atoms with Crippen LogP contribution in [0.5, 0.6) is 0 Å². The van der Waals surface area contributed by atoms with Crippen LogP contribution in [0.2, 0.25) is 0 Å². The number of hydrogen-bond acceptors (Lipinski definition) is 1. The molecule has 0 heterocycles. The Morgan fingerprint density at radius 2 is 0.977 bits per heavy atom. The van der Waals surface area contributed by atoms with E-state index >= 15 is 0 Å². The molecular weight excluding hydrogens is 602 g/mol. The van der Waals surface area contributed by atoms with Crippen molar-refractivity contribution in [2.45, 2.75) is 64.8 Å². The summed E-state index contributed by atoms with van der Waals surface area (Å²) in [5.74, 6) is 0. The molecule has 4 aromatic rings. The van der Waals surface area contributed by atoms with Gasteiger partial charge in [0.2, 0.25) is 0 Å². The largest absolute Gasteiger partial charge is 0.663 e. The average molecular weight is 652 g/mol. The number of nitrogens with zero attached hydrogens (tertiary/aromatic N) is 3. The summed E-state index contributed by atoms with van der Waals surface area (Å²) in [4.78, 5) is 2.36. The zero-order valence-corrected chi connectivity index (χ0v) is 28.8. The molecule has 43 heavy (non-hydrogen) atoms. The van der Waals surface area contributed by atoms with Crippen LogP contribution in [0, 0.1) is 20.8 Å². The molecule has 0 radical (unpaired) electrons. The fourth-order valence-corrected chi connectivity index (χ4v) is 4.43. The van der Waals surface area contributed by atoms with E-state index in [0.29, 0.717) is 6.04 Å². The Kier molecular flexibility index (Phi) is 22.0. The molecular formula is C39H50N3Zr-5. The van der Waals surface area contributed by atoms with Gasteiger partial charge in [0.1, 0.15) is 0 Å². The van der Waals surface area contributed by atoms with Gasteiger partial charge >= 0.3 is 0 Å². The second-order valence-electron chi connectivity index (χ2n) is 10.3. The fraction of sp³-hybridized carbons (Fsp3) is 0.308. The third-order valence-electron chi connectivity index (χ3n) is 6.87. The fourth-order valence-electron chi connectivity index (χ4n) is 4.43. The van der Waals surface area contributed by atoms with Crippen LogP contribution in [-0.2, 0) is 32.7 Å². The van der Waals surface area contributed by atoms with Crippen molar-refractivity contribution in [3.05, 3.63) is 175 Å². The van der Waals surface area contributed by atoms with Gasteiger partial charge in [0.15, 0.2) is 0 Å². The van der Waals surface area contributed by atoms with Crippen LogP contribution in [0.4, 0.5) is 0 Å². The Bertz CT molecular complexity index is 1040. The van der Waals surface area contributed by atoms with Gasteiger partial charge in [-0.15, -0.1) is 49.0 Å². The summed E-state index contributed by atoms with van der Waals surface area (Å²) < 4.78 is 0. The molecule has 1 aliphatic carbocycles. The molecule has 0 bridgehead atoms. The van der Waals surface area contributed by atoms with E-state index in [1.165, 1.54) is 37.7 Å². The molecule has 0 aliphatic heterocycles. The molecule has 0 N–H and O–H groups in total. The monoisotopic (exact) mass is 650 g/mol. The number of hydrogen-bond donors (Lipinski definition) is 0. The molecule has 4 heteroatoms. The molecule has 0 spiro atoms.